The van der Waals surface area contributed by atoms with E-state index in [0.29, 0.717) is 12.0 Å². The van der Waals surface area contributed by atoms with Crippen LogP contribution in [0.4, 0.5) is 10.1 Å². The van der Waals surface area contributed by atoms with Gasteiger partial charge in [0.25, 0.3) is 5.91 Å². The van der Waals surface area contributed by atoms with Crippen molar-refractivity contribution >= 4 is 17.9 Å². The molecule has 4 nitrogen and oxygen atoms in total. The van der Waals surface area contributed by atoms with Crippen LogP contribution in [-0.2, 0) is 15.2 Å². The monoisotopic (exact) mass is 237 g/mol. The third-order valence-corrected chi connectivity index (χ3v) is 3.18. The van der Waals surface area contributed by atoms with Crippen molar-refractivity contribution in [1.29, 1.82) is 0 Å². The molecule has 0 spiro atoms. The second kappa shape index (κ2) is 3.37. The smallest absolute Gasteiger partial charge is 0.262 e. The quantitative estimate of drug-likeness (QED) is 0.759. The molecule has 1 amide bonds. The molecule has 17 heavy (non-hydrogen) atoms. The number of rotatable bonds is 2. The van der Waals surface area contributed by atoms with Crippen LogP contribution < -0.4 is 5.32 Å². The molecular formula is C12H12FNO3. The minimum atomic E-state index is -2.04. The zero-order valence-electron chi connectivity index (χ0n) is 9.45. The van der Waals surface area contributed by atoms with Gasteiger partial charge in [-0.3, -0.25) is 4.79 Å². The molecule has 5 heteroatoms. The van der Waals surface area contributed by atoms with E-state index in [0.717, 1.165) is 6.07 Å². The van der Waals surface area contributed by atoms with Gasteiger partial charge in [0.2, 0.25) is 0 Å². The highest BCUT2D eigenvalue weighted by Crippen LogP contribution is 2.46. The van der Waals surface area contributed by atoms with Crippen LogP contribution in [0.3, 0.4) is 0 Å². The Morgan fingerprint density at radius 3 is 2.71 bits per heavy atom. The molecule has 0 saturated heterocycles. The molecule has 0 saturated carbocycles. The predicted octanol–water partition coefficient (Wildman–Crippen LogP) is 1.19. The molecule has 1 aliphatic heterocycles. The predicted molar refractivity (Wildman–Crippen MR) is 58.8 cm³/mol. The molecule has 1 aromatic rings. The number of hydrogen-bond acceptors (Lipinski definition) is 3. The third-order valence-electron chi connectivity index (χ3n) is 3.18. The van der Waals surface area contributed by atoms with Gasteiger partial charge in [-0.25, -0.2) is 4.39 Å². The zero-order chi connectivity index (χ0) is 12.8. The highest BCUT2D eigenvalue weighted by atomic mass is 19.1. The molecule has 0 radical (unpaired) electrons. The van der Waals surface area contributed by atoms with Gasteiger partial charge >= 0.3 is 0 Å². The Labute approximate surface area is 97.4 Å². The van der Waals surface area contributed by atoms with Crippen LogP contribution in [0.15, 0.2) is 18.2 Å². The summed E-state index contributed by atoms with van der Waals surface area (Å²) in [5.41, 5.74) is -2.95. The average Bonchev–Trinajstić information content (AvgIpc) is 2.54. The largest absolute Gasteiger partial charge is 0.374 e. The maximum absolute atomic E-state index is 13.2. The van der Waals surface area contributed by atoms with Crippen LogP contribution in [-0.4, -0.2) is 17.3 Å². The van der Waals surface area contributed by atoms with E-state index >= 15 is 0 Å². The summed E-state index contributed by atoms with van der Waals surface area (Å²) in [6, 6.07) is 3.61. The Balaban J connectivity index is 2.69. The number of amides is 1. The molecule has 1 aromatic carbocycles. The fourth-order valence-corrected chi connectivity index (χ4v) is 1.98. The lowest BCUT2D eigenvalue weighted by Crippen LogP contribution is -2.48. The number of aliphatic hydroxyl groups is 1. The van der Waals surface area contributed by atoms with Crippen LogP contribution in [0.1, 0.15) is 19.4 Å². The lowest BCUT2D eigenvalue weighted by molar-refractivity contribution is -0.152. The molecule has 2 N–H and O–H groups in total. The Kier molecular flexibility index (Phi) is 2.32. The van der Waals surface area contributed by atoms with E-state index in [-0.39, 0.29) is 5.56 Å². The maximum Gasteiger partial charge on any atom is 0.262 e. The highest BCUT2D eigenvalue weighted by molar-refractivity contribution is 6.07. The lowest BCUT2D eigenvalue weighted by Gasteiger charge is -2.33. The first-order valence-corrected chi connectivity index (χ1v) is 5.13. The van der Waals surface area contributed by atoms with Gasteiger partial charge in [0.15, 0.2) is 5.60 Å². The van der Waals surface area contributed by atoms with E-state index in [1.807, 2.05) is 0 Å². The van der Waals surface area contributed by atoms with Gasteiger partial charge < -0.3 is 15.2 Å². The summed E-state index contributed by atoms with van der Waals surface area (Å²) in [6.45, 7) is 2.86. The second-order valence-electron chi connectivity index (χ2n) is 4.69. The number of fused-ring (bicyclic) bond motifs is 1. The minimum absolute atomic E-state index is 0.0969. The summed E-state index contributed by atoms with van der Waals surface area (Å²) in [4.78, 5) is 22.9. The van der Waals surface area contributed by atoms with Crippen molar-refractivity contribution in [1.82, 2.24) is 0 Å². The zero-order valence-corrected chi connectivity index (χ0v) is 9.45. The van der Waals surface area contributed by atoms with Crippen LogP contribution in [0.25, 0.3) is 0 Å². The van der Waals surface area contributed by atoms with Crippen molar-refractivity contribution in [3.63, 3.8) is 0 Å². The third kappa shape index (κ3) is 1.39. The number of hydrogen-bond donors (Lipinski definition) is 2. The van der Waals surface area contributed by atoms with Gasteiger partial charge in [0, 0.05) is 11.3 Å². The molecule has 1 heterocycles. The Bertz CT molecular complexity index is 512. The fourth-order valence-electron chi connectivity index (χ4n) is 1.98. The lowest BCUT2D eigenvalue weighted by atomic mass is 9.72. The van der Waals surface area contributed by atoms with E-state index < -0.39 is 22.7 Å². The molecule has 90 valence electrons. The van der Waals surface area contributed by atoms with E-state index in [1.54, 1.807) is 0 Å². The first-order valence-electron chi connectivity index (χ1n) is 5.13. The van der Waals surface area contributed by atoms with Crippen molar-refractivity contribution in [3.05, 3.63) is 29.6 Å². The number of carbonyl (C=O) groups excluding carboxylic acids is 2. The highest BCUT2D eigenvalue weighted by Gasteiger charge is 2.56. The molecular weight excluding hydrogens is 225 g/mol. The number of halogens is 1. The second-order valence-corrected chi connectivity index (χ2v) is 4.69. The van der Waals surface area contributed by atoms with Gasteiger partial charge in [-0.1, -0.05) is 0 Å². The van der Waals surface area contributed by atoms with Gasteiger partial charge in [-0.15, -0.1) is 0 Å². The van der Waals surface area contributed by atoms with Crippen molar-refractivity contribution < 1.29 is 19.1 Å². The normalized spacial score (nSPS) is 23.2. The van der Waals surface area contributed by atoms with Crippen molar-refractivity contribution in [2.75, 3.05) is 5.32 Å². The summed E-state index contributed by atoms with van der Waals surface area (Å²) >= 11 is 0. The number of aldehydes is 1. The van der Waals surface area contributed by atoms with Crippen LogP contribution in [0.5, 0.6) is 0 Å². The van der Waals surface area contributed by atoms with E-state index in [4.69, 9.17) is 0 Å². The summed E-state index contributed by atoms with van der Waals surface area (Å²) in [7, 11) is 0. The summed E-state index contributed by atoms with van der Waals surface area (Å²) < 4.78 is 13.2. The number of benzene rings is 1. The Morgan fingerprint density at radius 1 is 1.47 bits per heavy atom. The van der Waals surface area contributed by atoms with Crippen molar-refractivity contribution in [2.45, 2.75) is 19.4 Å². The van der Waals surface area contributed by atoms with Crippen molar-refractivity contribution in [2.24, 2.45) is 5.41 Å². The van der Waals surface area contributed by atoms with E-state index in [9.17, 15) is 19.1 Å². The molecule has 0 aromatic heterocycles. The molecule has 0 fully saturated rings. The standard InChI is InChI=1S/C12H12FNO3/c1-11(2,6-15)12(17)8-5-7(13)3-4-9(8)14-10(12)16/h3-6,17H,1-2H3,(H,14,16)/t12-/m1/s1. The molecule has 1 atom stereocenters. The van der Waals surface area contributed by atoms with Gasteiger partial charge in [0.05, 0.1) is 5.41 Å². The van der Waals surface area contributed by atoms with Crippen LogP contribution >= 0.6 is 0 Å². The van der Waals surface area contributed by atoms with Crippen LogP contribution in [0, 0.1) is 11.2 Å². The minimum Gasteiger partial charge on any atom is -0.374 e. The molecule has 1 aliphatic rings. The van der Waals surface area contributed by atoms with E-state index in [1.165, 1.54) is 26.0 Å². The van der Waals surface area contributed by atoms with Crippen molar-refractivity contribution in [3.8, 4) is 0 Å². The topological polar surface area (TPSA) is 66.4 Å². The van der Waals surface area contributed by atoms with Gasteiger partial charge in [-0.05, 0) is 32.0 Å². The number of nitrogens with one attached hydrogen (secondary N) is 1. The molecule has 0 aliphatic carbocycles. The van der Waals surface area contributed by atoms with Gasteiger partial charge in [0.1, 0.15) is 12.1 Å². The molecule has 0 unspecified atom stereocenters. The van der Waals surface area contributed by atoms with Gasteiger partial charge in [-0.2, -0.15) is 0 Å². The summed E-state index contributed by atoms with van der Waals surface area (Å²) in [5.74, 6) is -1.28. The number of anilines is 1. The first-order chi connectivity index (χ1) is 7.83. The SMILES string of the molecule is CC(C)(C=O)[C@]1(O)C(=O)Nc2ccc(F)cc21. The fraction of sp³-hybridized carbons (Fsp3) is 0.333. The molecule has 0 bridgehead atoms. The summed E-state index contributed by atoms with van der Waals surface area (Å²) in [5, 5.41) is 12.9. The molecule has 2 rings (SSSR count). The van der Waals surface area contributed by atoms with Crippen LogP contribution in [0.2, 0.25) is 0 Å². The Morgan fingerprint density at radius 2 is 2.12 bits per heavy atom. The summed E-state index contributed by atoms with van der Waals surface area (Å²) in [6.07, 6.45) is 0.493. The maximum atomic E-state index is 13.2. The Hall–Kier alpha value is -1.75. The number of carbonyl (C=O) groups is 2. The average molecular weight is 237 g/mol. The van der Waals surface area contributed by atoms with E-state index in [2.05, 4.69) is 5.32 Å². The first kappa shape index (κ1) is 11.7.